The Morgan fingerprint density at radius 1 is 0.432 bits per heavy atom. The molecule has 0 amide bonds. The number of hydrogen-bond acceptors (Lipinski definition) is 1. The second-order valence-electron chi connectivity index (χ2n) is 10.5. The summed E-state index contributed by atoms with van der Waals surface area (Å²) in [5, 5.41) is -1.20. The normalized spacial score (nSPS) is 15.7. The van der Waals surface area contributed by atoms with E-state index in [1.54, 1.807) is 13.8 Å². The molecule has 0 aromatic heterocycles. The lowest BCUT2D eigenvalue weighted by Gasteiger charge is -2.42. The Morgan fingerprint density at radius 2 is 0.705 bits per heavy atom. The van der Waals surface area contributed by atoms with Crippen LogP contribution in [0.3, 0.4) is 0 Å². The van der Waals surface area contributed by atoms with Crippen molar-refractivity contribution in [2.75, 3.05) is 0 Å². The minimum Gasteiger partial charge on any atom is -0.324 e. The van der Waals surface area contributed by atoms with E-state index in [1.807, 2.05) is 0 Å². The van der Waals surface area contributed by atoms with Gasteiger partial charge in [0.1, 0.15) is 0 Å². The summed E-state index contributed by atoms with van der Waals surface area (Å²) in [5.74, 6) is -56.1. The van der Waals surface area contributed by atoms with Crippen molar-refractivity contribution in [2.45, 2.75) is 144 Å². The van der Waals surface area contributed by atoms with Crippen LogP contribution in [0.15, 0.2) is 0 Å². The molecule has 3 nitrogen and oxygen atoms in total. The SMILES string of the molecule is CCC(CC)(CCCCCCCCCCC(F)(F)C(F)(F)C(F)(F)C(F)(F)C(F)(F)C(F)(F)C(F)(F)C(F)(F)F)P(=O)(O)O. The van der Waals surface area contributed by atoms with Gasteiger partial charge in [0.2, 0.25) is 0 Å². The molecule has 0 aliphatic rings. The highest BCUT2D eigenvalue weighted by molar-refractivity contribution is 7.53. The van der Waals surface area contributed by atoms with Gasteiger partial charge in [0.05, 0.1) is 5.16 Å². The van der Waals surface area contributed by atoms with Gasteiger partial charge in [-0.05, 0) is 25.7 Å². The molecule has 266 valence electrons. The Hall–Kier alpha value is -1.04. The Kier molecular flexibility index (Phi) is 13.7. The van der Waals surface area contributed by atoms with Gasteiger partial charge in [-0.2, -0.15) is 74.6 Å². The molecule has 0 fully saturated rings. The highest BCUT2D eigenvalue weighted by atomic mass is 31.2. The zero-order valence-electron chi connectivity index (χ0n) is 23.2. The molecule has 2 N–H and O–H groups in total. The van der Waals surface area contributed by atoms with Crippen molar-refractivity contribution in [3.05, 3.63) is 0 Å². The second kappa shape index (κ2) is 14.0. The van der Waals surface area contributed by atoms with Crippen molar-refractivity contribution in [1.82, 2.24) is 0 Å². The molecule has 0 heterocycles. The summed E-state index contributed by atoms with van der Waals surface area (Å²) in [4.78, 5) is 19.1. The van der Waals surface area contributed by atoms with E-state index >= 15 is 0 Å². The summed E-state index contributed by atoms with van der Waals surface area (Å²) in [6.07, 6.45) is -9.25. The van der Waals surface area contributed by atoms with Crippen LogP contribution in [-0.4, -0.2) is 62.6 Å². The van der Waals surface area contributed by atoms with E-state index in [4.69, 9.17) is 0 Å². The Balaban J connectivity index is 5.26. The third-order valence-corrected chi connectivity index (χ3v) is 9.70. The van der Waals surface area contributed by atoms with Crippen LogP contribution in [0.5, 0.6) is 0 Å². The first kappa shape index (κ1) is 43.0. The lowest BCUT2D eigenvalue weighted by molar-refractivity contribution is -0.461. The molecule has 0 aromatic carbocycles. The molecule has 0 aromatic rings. The van der Waals surface area contributed by atoms with E-state index in [0.29, 0.717) is 25.7 Å². The average Bonchev–Trinajstić information content (AvgIpc) is 2.85. The van der Waals surface area contributed by atoms with Gasteiger partial charge in [0, 0.05) is 6.42 Å². The van der Waals surface area contributed by atoms with Crippen molar-refractivity contribution < 1.29 is 89.0 Å². The number of hydrogen-bond donors (Lipinski definition) is 2. The predicted molar refractivity (Wildman–Crippen MR) is 122 cm³/mol. The van der Waals surface area contributed by atoms with Gasteiger partial charge in [0.25, 0.3) is 0 Å². The molecule has 0 unspecified atom stereocenters. The standard InChI is InChI=1S/C23H32F17O3P/c1-3-15(4-2,44(41,42)43)13-11-9-7-5-6-8-10-12-14-16(24,25)17(26,27)18(28,29)19(30,31)20(32,33)21(34,35)22(36,37)23(38,39)40/h3-14H2,1-2H3,(H2,41,42,43). The van der Waals surface area contributed by atoms with Gasteiger partial charge < -0.3 is 9.79 Å². The largest absolute Gasteiger partial charge is 0.460 e. The van der Waals surface area contributed by atoms with Gasteiger partial charge in [-0.25, -0.2) is 0 Å². The van der Waals surface area contributed by atoms with Gasteiger partial charge in [-0.3, -0.25) is 4.57 Å². The molecule has 0 rings (SSSR count). The molecular formula is C23H32F17O3P. The number of unbranched alkanes of at least 4 members (excludes halogenated alkanes) is 7. The van der Waals surface area contributed by atoms with Crippen LogP contribution < -0.4 is 0 Å². The van der Waals surface area contributed by atoms with Crippen LogP contribution in [0.4, 0.5) is 74.6 Å². The molecular weight excluding hydrogens is 678 g/mol. The fourth-order valence-electron chi connectivity index (χ4n) is 4.38. The molecule has 0 saturated heterocycles. The molecule has 0 aliphatic heterocycles. The minimum absolute atomic E-state index is 0.0403. The molecule has 21 heteroatoms. The monoisotopic (exact) mass is 710 g/mol. The lowest BCUT2D eigenvalue weighted by atomic mass is 9.87. The fourth-order valence-corrected chi connectivity index (χ4v) is 5.65. The quantitative estimate of drug-likeness (QED) is 0.0752. The fraction of sp³-hybridized carbons (Fsp3) is 1.00. The third-order valence-electron chi connectivity index (χ3n) is 7.60. The molecule has 44 heavy (non-hydrogen) atoms. The van der Waals surface area contributed by atoms with Gasteiger partial charge >= 0.3 is 55.2 Å². The van der Waals surface area contributed by atoms with Crippen molar-refractivity contribution in [1.29, 1.82) is 0 Å². The van der Waals surface area contributed by atoms with E-state index in [2.05, 4.69) is 0 Å². The Morgan fingerprint density at radius 3 is 1.00 bits per heavy atom. The molecule has 0 radical (unpaired) electrons. The van der Waals surface area contributed by atoms with Crippen molar-refractivity contribution in [2.24, 2.45) is 0 Å². The molecule has 0 spiro atoms. The maximum absolute atomic E-state index is 13.9. The highest BCUT2D eigenvalue weighted by Crippen LogP contribution is 2.64. The van der Waals surface area contributed by atoms with Crippen LogP contribution in [0, 0.1) is 0 Å². The zero-order valence-corrected chi connectivity index (χ0v) is 24.1. The topological polar surface area (TPSA) is 57.5 Å². The average molecular weight is 710 g/mol. The van der Waals surface area contributed by atoms with E-state index in [0.717, 1.165) is 0 Å². The summed E-state index contributed by atoms with van der Waals surface area (Å²) in [7, 11) is -4.40. The summed E-state index contributed by atoms with van der Waals surface area (Å²) in [6, 6.07) is 0. The van der Waals surface area contributed by atoms with E-state index < -0.39 is 79.6 Å². The smallest absolute Gasteiger partial charge is 0.324 e. The van der Waals surface area contributed by atoms with Crippen molar-refractivity contribution in [3.63, 3.8) is 0 Å². The maximum Gasteiger partial charge on any atom is 0.460 e. The highest BCUT2D eigenvalue weighted by Gasteiger charge is 2.95. The summed E-state index contributed by atoms with van der Waals surface area (Å²) in [5.41, 5.74) is 0. The first-order valence-electron chi connectivity index (χ1n) is 13.1. The molecule has 0 atom stereocenters. The van der Waals surface area contributed by atoms with Crippen LogP contribution in [0.2, 0.25) is 0 Å². The molecule has 0 aliphatic carbocycles. The zero-order chi connectivity index (χ0) is 35.5. The second-order valence-corrected chi connectivity index (χ2v) is 12.5. The van der Waals surface area contributed by atoms with Crippen LogP contribution in [-0.2, 0) is 4.57 Å². The van der Waals surface area contributed by atoms with Gasteiger partial charge in [-0.15, -0.1) is 0 Å². The Labute approximate surface area is 241 Å². The first-order chi connectivity index (χ1) is 19.3. The number of alkyl halides is 17. The first-order valence-corrected chi connectivity index (χ1v) is 14.7. The van der Waals surface area contributed by atoms with Crippen molar-refractivity contribution in [3.8, 4) is 0 Å². The number of rotatable bonds is 20. The third kappa shape index (κ3) is 7.73. The molecule has 0 bridgehead atoms. The number of halogens is 17. The maximum atomic E-state index is 13.9. The van der Waals surface area contributed by atoms with E-state index in [9.17, 15) is 89.0 Å². The summed E-state index contributed by atoms with van der Waals surface area (Å²) < 4.78 is 238. The predicted octanol–water partition coefficient (Wildman–Crippen LogP) is 10.6. The van der Waals surface area contributed by atoms with Crippen molar-refractivity contribution >= 4 is 7.60 Å². The van der Waals surface area contributed by atoms with E-state index in [1.165, 1.54) is 0 Å². The van der Waals surface area contributed by atoms with Crippen LogP contribution >= 0.6 is 7.60 Å². The summed E-state index contributed by atoms with van der Waals surface area (Å²) >= 11 is 0. The lowest BCUT2D eigenvalue weighted by Crippen LogP contribution is -2.74. The Bertz CT molecular complexity index is 956. The summed E-state index contributed by atoms with van der Waals surface area (Å²) in [6.45, 7) is 3.23. The van der Waals surface area contributed by atoms with E-state index in [-0.39, 0.29) is 32.1 Å². The van der Waals surface area contributed by atoms with Gasteiger partial charge in [0.15, 0.2) is 0 Å². The van der Waals surface area contributed by atoms with Crippen LogP contribution in [0.25, 0.3) is 0 Å². The van der Waals surface area contributed by atoms with Gasteiger partial charge in [-0.1, -0.05) is 58.8 Å². The van der Waals surface area contributed by atoms with Crippen LogP contribution in [0.1, 0.15) is 90.9 Å². The molecule has 0 saturated carbocycles. The minimum atomic E-state index is -8.62.